The Labute approximate surface area is 158 Å². The molecular weight excluding hydrogens is 396 g/mol. The maximum Gasteiger partial charge on any atom is 0.263 e. The number of nitrogens with two attached hydrogens (primary N) is 1. The maximum absolute atomic E-state index is 12.5. The molecule has 0 radical (unpaired) electrons. The van der Waals surface area contributed by atoms with Gasteiger partial charge in [0.1, 0.15) is 5.75 Å². The van der Waals surface area contributed by atoms with E-state index >= 15 is 0 Å². The first-order chi connectivity index (χ1) is 11.1. The molecule has 1 unspecified atom stereocenters. The molecule has 24 heavy (non-hydrogen) atoms. The molecule has 0 saturated carbocycles. The van der Waals surface area contributed by atoms with E-state index in [1.165, 1.54) is 0 Å². The summed E-state index contributed by atoms with van der Waals surface area (Å²) in [6, 6.07) is 7.50. The summed E-state index contributed by atoms with van der Waals surface area (Å²) < 4.78 is 12.5. The van der Waals surface area contributed by atoms with Gasteiger partial charge in [-0.2, -0.15) is 0 Å². The fourth-order valence-electron chi connectivity index (χ4n) is 2.60. The van der Waals surface area contributed by atoms with Crippen molar-refractivity contribution in [3.8, 4) is 5.75 Å². The zero-order chi connectivity index (χ0) is 16.7. The van der Waals surface area contributed by atoms with Gasteiger partial charge in [0.05, 0.1) is 6.10 Å². The summed E-state index contributed by atoms with van der Waals surface area (Å²) in [5.74, 6) is 0.738. The predicted molar refractivity (Wildman–Crippen MR) is 101 cm³/mol. The SMILES string of the molecule is CC(Oc1ccc(Br)cc1)C(=O)N1CCC(OCCCN)CC1.Cl. The van der Waals surface area contributed by atoms with Crippen LogP contribution in [0, 0.1) is 0 Å². The van der Waals surface area contributed by atoms with Crippen molar-refractivity contribution in [3.05, 3.63) is 28.7 Å². The highest BCUT2D eigenvalue weighted by Gasteiger charge is 2.27. The van der Waals surface area contributed by atoms with Crippen LogP contribution in [0.4, 0.5) is 0 Å². The van der Waals surface area contributed by atoms with Crippen LogP contribution in [0.25, 0.3) is 0 Å². The Bertz CT molecular complexity index is 493. The van der Waals surface area contributed by atoms with Gasteiger partial charge in [-0.25, -0.2) is 0 Å². The summed E-state index contributed by atoms with van der Waals surface area (Å²) in [6.07, 6.45) is 2.40. The minimum absolute atomic E-state index is 0. The molecule has 1 aromatic carbocycles. The van der Waals surface area contributed by atoms with Crippen LogP contribution in [0.15, 0.2) is 28.7 Å². The Balaban J connectivity index is 0.00000288. The van der Waals surface area contributed by atoms with Crippen LogP contribution in [0.5, 0.6) is 5.75 Å². The number of halogens is 2. The molecule has 0 bridgehead atoms. The molecule has 136 valence electrons. The molecule has 0 spiro atoms. The third-order valence-electron chi connectivity index (χ3n) is 3.93. The highest BCUT2D eigenvalue weighted by molar-refractivity contribution is 9.10. The van der Waals surface area contributed by atoms with Crippen molar-refractivity contribution in [2.24, 2.45) is 5.73 Å². The second-order valence-corrected chi connectivity index (χ2v) is 6.67. The highest BCUT2D eigenvalue weighted by Crippen LogP contribution is 2.19. The van der Waals surface area contributed by atoms with Crippen LogP contribution in [-0.2, 0) is 9.53 Å². The first kappa shape index (κ1) is 21.2. The van der Waals surface area contributed by atoms with Crippen LogP contribution in [-0.4, -0.2) is 49.3 Å². The van der Waals surface area contributed by atoms with Gasteiger partial charge in [0.15, 0.2) is 6.10 Å². The molecule has 1 aliphatic heterocycles. The van der Waals surface area contributed by atoms with Crippen molar-refractivity contribution in [1.29, 1.82) is 0 Å². The number of nitrogens with zero attached hydrogens (tertiary/aromatic N) is 1. The Morgan fingerprint density at radius 2 is 1.96 bits per heavy atom. The fourth-order valence-corrected chi connectivity index (χ4v) is 2.87. The number of benzene rings is 1. The molecule has 2 N–H and O–H groups in total. The van der Waals surface area contributed by atoms with Crippen LogP contribution in [0.1, 0.15) is 26.2 Å². The number of hydrogen-bond acceptors (Lipinski definition) is 4. The van der Waals surface area contributed by atoms with Gasteiger partial charge < -0.3 is 20.1 Å². The van der Waals surface area contributed by atoms with E-state index in [-0.39, 0.29) is 24.4 Å². The average Bonchev–Trinajstić information content (AvgIpc) is 2.57. The molecule has 1 heterocycles. The topological polar surface area (TPSA) is 64.8 Å². The second kappa shape index (κ2) is 10.9. The van der Waals surface area contributed by atoms with E-state index in [0.29, 0.717) is 18.9 Å². The lowest BCUT2D eigenvalue weighted by Crippen LogP contribution is -2.46. The van der Waals surface area contributed by atoms with E-state index in [4.69, 9.17) is 15.2 Å². The van der Waals surface area contributed by atoms with Gasteiger partial charge in [0, 0.05) is 24.2 Å². The summed E-state index contributed by atoms with van der Waals surface area (Å²) >= 11 is 3.38. The molecule has 1 aliphatic rings. The fraction of sp³-hybridized carbons (Fsp3) is 0.588. The minimum atomic E-state index is -0.481. The molecule has 1 saturated heterocycles. The van der Waals surface area contributed by atoms with Gasteiger partial charge >= 0.3 is 0 Å². The third kappa shape index (κ3) is 6.59. The van der Waals surface area contributed by atoms with Gasteiger partial charge in [-0.1, -0.05) is 15.9 Å². The van der Waals surface area contributed by atoms with E-state index in [1.807, 2.05) is 29.2 Å². The number of rotatable bonds is 7. The quantitative estimate of drug-likeness (QED) is 0.687. The van der Waals surface area contributed by atoms with Crippen molar-refractivity contribution in [2.45, 2.75) is 38.4 Å². The van der Waals surface area contributed by atoms with E-state index in [2.05, 4.69) is 15.9 Å². The van der Waals surface area contributed by atoms with E-state index < -0.39 is 6.10 Å². The first-order valence-electron chi connectivity index (χ1n) is 8.13. The van der Waals surface area contributed by atoms with Crippen molar-refractivity contribution >= 4 is 34.2 Å². The molecular formula is C17H26BrClN2O3. The molecule has 5 nitrogen and oxygen atoms in total. The molecule has 0 aliphatic carbocycles. The second-order valence-electron chi connectivity index (χ2n) is 5.75. The van der Waals surface area contributed by atoms with Crippen molar-refractivity contribution in [3.63, 3.8) is 0 Å². The minimum Gasteiger partial charge on any atom is -0.481 e. The molecule has 2 rings (SSSR count). The van der Waals surface area contributed by atoms with Crippen molar-refractivity contribution in [1.82, 2.24) is 4.90 Å². The van der Waals surface area contributed by atoms with Gasteiger partial charge in [-0.3, -0.25) is 4.79 Å². The maximum atomic E-state index is 12.5. The summed E-state index contributed by atoms with van der Waals surface area (Å²) in [4.78, 5) is 14.3. The number of piperidine rings is 1. The summed E-state index contributed by atoms with van der Waals surface area (Å²) in [5, 5.41) is 0. The monoisotopic (exact) mass is 420 g/mol. The van der Waals surface area contributed by atoms with E-state index in [1.54, 1.807) is 6.92 Å². The zero-order valence-electron chi connectivity index (χ0n) is 13.9. The van der Waals surface area contributed by atoms with E-state index in [9.17, 15) is 4.79 Å². The number of carbonyl (C=O) groups is 1. The average molecular weight is 422 g/mol. The summed E-state index contributed by atoms with van der Waals surface area (Å²) in [5.41, 5.74) is 5.46. The van der Waals surface area contributed by atoms with Crippen LogP contribution in [0.3, 0.4) is 0 Å². The van der Waals surface area contributed by atoms with Gasteiger partial charge in [-0.05, 0) is 57.0 Å². The lowest BCUT2D eigenvalue weighted by molar-refractivity contribution is -0.140. The Morgan fingerprint density at radius 3 is 2.54 bits per heavy atom. The lowest BCUT2D eigenvalue weighted by Gasteiger charge is -2.33. The van der Waals surface area contributed by atoms with Crippen molar-refractivity contribution < 1.29 is 14.3 Å². The molecule has 0 aromatic heterocycles. The predicted octanol–water partition coefficient (Wildman–Crippen LogP) is 2.99. The number of hydrogen-bond donors (Lipinski definition) is 1. The number of carbonyl (C=O) groups excluding carboxylic acids is 1. The summed E-state index contributed by atoms with van der Waals surface area (Å²) in [7, 11) is 0. The standard InChI is InChI=1S/C17H25BrN2O3.ClH/c1-13(23-16-5-3-14(18)4-6-16)17(21)20-10-7-15(8-11-20)22-12-2-9-19;/h3-6,13,15H,2,7-12,19H2,1H3;1H. The zero-order valence-corrected chi connectivity index (χ0v) is 16.4. The van der Waals surface area contributed by atoms with Gasteiger partial charge in [0.25, 0.3) is 5.91 Å². The summed E-state index contributed by atoms with van der Waals surface area (Å²) in [6.45, 7) is 4.61. The Morgan fingerprint density at radius 1 is 1.33 bits per heavy atom. The van der Waals surface area contributed by atoms with Crippen molar-refractivity contribution in [2.75, 3.05) is 26.2 Å². The van der Waals surface area contributed by atoms with E-state index in [0.717, 1.165) is 36.8 Å². The first-order valence-corrected chi connectivity index (χ1v) is 8.92. The Kier molecular flexibility index (Phi) is 9.66. The number of likely N-dealkylation sites (tertiary alicyclic amines) is 1. The number of ether oxygens (including phenoxy) is 2. The van der Waals surface area contributed by atoms with Gasteiger partial charge in [0.2, 0.25) is 0 Å². The van der Waals surface area contributed by atoms with Gasteiger partial charge in [-0.15, -0.1) is 12.4 Å². The molecule has 1 fully saturated rings. The molecule has 1 aromatic rings. The van der Waals surface area contributed by atoms with Crippen LogP contribution in [0.2, 0.25) is 0 Å². The third-order valence-corrected chi connectivity index (χ3v) is 4.46. The largest absolute Gasteiger partial charge is 0.481 e. The molecule has 1 atom stereocenters. The Hall–Kier alpha value is -0.820. The molecule has 7 heteroatoms. The van der Waals surface area contributed by atoms with Crippen LogP contribution < -0.4 is 10.5 Å². The normalized spacial score (nSPS) is 16.4. The lowest BCUT2D eigenvalue weighted by atomic mass is 10.1. The van der Waals surface area contributed by atoms with Crippen LogP contribution >= 0.6 is 28.3 Å². The molecule has 1 amide bonds. The number of amides is 1. The smallest absolute Gasteiger partial charge is 0.263 e. The highest BCUT2D eigenvalue weighted by atomic mass is 79.9.